The van der Waals surface area contributed by atoms with E-state index in [9.17, 15) is 19.5 Å². The summed E-state index contributed by atoms with van der Waals surface area (Å²) in [4.78, 5) is 43.2. The smallest absolute Gasteiger partial charge is 0.338 e. The van der Waals surface area contributed by atoms with Gasteiger partial charge in [0, 0.05) is 23.1 Å². The van der Waals surface area contributed by atoms with Crippen molar-refractivity contribution in [3.63, 3.8) is 0 Å². The van der Waals surface area contributed by atoms with E-state index < -0.39 is 29.1 Å². The summed E-state index contributed by atoms with van der Waals surface area (Å²) in [6, 6.07) is 11.0. The molecule has 0 amide bonds. The number of aromatic nitrogens is 3. The topological polar surface area (TPSA) is 138 Å². The highest BCUT2D eigenvalue weighted by Crippen LogP contribution is 2.36. The number of fused-ring (bicyclic) bond motifs is 3. The first-order chi connectivity index (χ1) is 16.9. The molecule has 5 rings (SSSR count). The van der Waals surface area contributed by atoms with Crippen LogP contribution in [0, 0.1) is 0 Å². The average molecular weight is 476 g/mol. The Balaban J connectivity index is 1.63. The highest BCUT2D eigenvalue weighted by Gasteiger charge is 2.31. The molecule has 0 saturated heterocycles. The van der Waals surface area contributed by atoms with Crippen LogP contribution in [0.4, 0.5) is 0 Å². The summed E-state index contributed by atoms with van der Waals surface area (Å²) in [6.45, 7) is 2.51. The van der Waals surface area contributed by atoms with Gasteiger partial charge in [-0.15, -0.1) is 0 Å². The molecule has 35 heavy (non-hydrogen) atoms. The number of benzene rings is 2. The van der Waals surface area contributed by atoms with E-state index in [1.54, 1.807) is 14.0 Å². The lowest BCUT2D eigenvalue weighted by atomic mass is 9.95. The van der Waals surface area contributed by atoms with Crippen molar-refractivity contribution < 1.29 is 19.4 Å². The molecule has 4 N–H and O–H groups in total. The number of H-pyrrole nitrogens is 2. The van der Waals surface area contributed by atoms with E-state index in [0.717, 1.165) is 32.5 Å². The highest BCUT2D eigenvalue weighted by atomic mass is 16.5. The fourth-order valence-electron chi connectivity index (χ4n) is 4.58. The SMILES string of the molecule is CCOC(=O)c1ccc(-n2c(O)c(C3NCCc4c3[nH]c3ccc(OC)cc43)c(=O)[nH]c2=O)cc1. The van der Waals surface area contributed by atoms with Crippen molar-refractivity contribution in [2.45, 2.75) is 19.4 Å². The molecule has 0 aliphatic carbocycles. The number of aromatic hydroxyl groups is 1. The Morgan fingerprint density at radius 1 is 1.14 bits per heavy atom. The largest absolute Gasteiger partial charge is 0.497 e. The van der Waals surface area contributed by atoms with Crippen LogP contribution in [0.25, 0.3) is 16.6 Å². The van der Waals surface area contributed by atoms with Crippen molar-refractivity contribution in [2.24, 2.45) is 0 Å². The third-order valence-electron chi connectivity index (χ3n) is 6.20. The molecule has 1 unspecified atom stereocenters. The molecule has 1 aliphatic rings. The quantitative estimate of drug-likeness (QED) is 0.324. The number of rotatable bonds is 5. The van der Waals surface area contributed by atoms with Crippen LogP contribution in [0.5, 0.6) is 11.6 Å². The lowest BCUT2D eigenvalue weighted by Gasteiger charge is -2.25. The molecular weight excluding hydrogens is 452 g/mol. The molecule has 0 saturated carbocycles. The van der Waals surface area contributed by atoms with E-state index in [2.05, 4.69) is 15.3 Å². The summed E-state index contributed by atoms with van der Waals surface area (Å²) in [7, 11) is 1.60. The summed E-state index contributed by atoms with van der Waals surface area (Å²) in [5.41, 5.74) is 1.75. The molecule has 180 valence electrons. The molecule has 10 heteroatoms. The van der Waals surface area contributed by atoms with Crippen molar-refractivity contribution in [1.82, 2.24) is 19.9 Å². The minimum absolute atomic E-state index is 0.0125. The van der Waals surface area contributed by atoms with Crippen LogP contribution in [0.15, 0.2) is 52.1 Å². The van der Waals surface area contributed by atoms with Crippen LogP contribution in [-0.4, -0.2) is 45.9 Å². The van der Waals surface area contributed by atoms with Gasteiger partial charge in [0.05, 0.1) is 31.0 Å². The second kappa shape index (κ2) is 8.80. The molecule has 0 radical (unpaired) electrons. The van der Waals surface area contributed by atoms with Crippen molar-refractivity contribution >= 4 is 16.9 Å². The van der Waals surface area contributed by atoms with Gasteiger partial charge >= 0.3 is 11.7 Å². The Morgan fingerprint density at radius 2 is 1.91 bits per heavy atom. The Bertz CT molecular complexity index is 1550. The Morgan fingerprint density at radius 3 is 2.63 bits per heavy atom. The zero-order valence-corrected chi connectivity index (χ0v) is 19.2. The monoisotopic (exact) mass is 476 g/mol. The van der Waals surface area contributed by atoms with Gasteiger partial charge < -0.3 is 24.9 Å². The fourth-order valence-corrected chi connectivity index (χ4v) is 4.58. The number of nitrogens with zero attached hydrogens (tertiary/aromatic N) is 1. The van der Waals surface area contributed by atoms with Crippen molar-refractivity contribution in [1.29, 1.82) is 0 Å². The second-order valence-corrected chi connectivity index (χ2v) is 8.17. The zero-order valence-electron chi connectivity index (χ0n) is 19.2. The summed E-state index contributed by atoms with van der Waals surface area (Å²) in [5.74, 6) is -0.258. The predicted molar refractivity (Wildman–Crippen MR) is 129 cm³/mol. The van der Waals surface area contributed by atoms with E-state index in [0.29, 0.717) is 18.5 Å². The summed E-state index contributed by atoms with van der Waals surface area (Å²) in [5, 5.41) is 15.4. The highest BCUT2D eigenvalue weighted by molar-refractivity contribution is 5.89. The summed E-state index contributed by atoms with van der Waals surface area (Å²) in [6.07, 6.45) is 0.715. The van der Waals surface area contributed by atoms with Crippen molar-refractivity contribution in [3.8, 4) is 17.3 Å². The maximum absolute atomic E-state index is 12.9. The lowest BCUT2D eigenvalue weighted by molar-refractivity contribution is 0.0526. The first kappa shape index (κ1) is 22.5. The number of esters is 1. The number of carbonyl (C=O) groups excluding carboxylic acids is 1. The molecule has 1 atom stereocenters. The minimum Gasteiger partial charge on any atom is -0.497 e. The van der Waals surface area contributed by atoms with Crippen LogP contribution in [-0.2, 0) is 11.2 Å². The number of ether oxygens (including phenoxy) is 2. The normalized spacial score (nSPS) is 15.1. The van der Waals surface area contributed by atoms with E-state index in [1.807, 2.05) is 18.2 Å². The molecule has 4 aromatic rings. The number of nitrogens with one attached hydrogen (secondary N) is 3. The minimum atomic E-state index is -0.794. The third kappa shape index (κ3) is 3.77. The lowest BCUT2D eigenvalue weighted by Crippen LogP contribution is -2.38. The molecule has 0 bridgehead atoms. The van der Waals surface area contributed by atoms with Crippen LogP contribution in [0.2, 0.25) is 0 Å². The van der Waals surface area contributed by atoms with E-state index in [-0.39, 0.29) is 17.9 Å². The molecule has 2 aromatic heterocycles. The van der Waals surface area contributed by atoms with Crippen molar-refractivity contribution in [3.05, 3.63) is 85.7 Å². The van der Waals surface area contributed by atoms with Gasteiger partial charge in [-0.3, -0.25) is 9.78 Å². The number of hydrogen-bond acceptors (Lipinski definition) is 7. The van der Waals surface area contributed by atoms with Gasteiger partial charge in [0.2, 0.25) is 5.88 Å². The van der Waals surface area contributed by atoms with Crippen LogP contribution >= 0.6 is 0 Å². The van der Waals surface area contributed by atoms with Gasteiger partial charge in [-0.2, -0.15) is 0 Å². The maximum atomic E-state index is 12.9. The van der Waals surface area contributed by atoms with Gasteiger partial charge in [-0.05, 0) is 61.4 Å². The second-order valence-electron chi connectivity index (χ2n) is 8.17. The zero-order chi connectivity index (χ0) is 24.7. The van der Waals surface area contributed by atoms with E-state index in [1.165, 1.54) is 24.3 Å². The van der Waals surface area contributed by atoms with Gasteiger partial charge in [-0.25, -0.2) is 14.2 Å². The van der Waals surface area contributed by atoms with Crippen LogP contribution < -0.4 is 21.3 Å². The van der Waals surface area contributed by atoms with Crippen molar-refractivity contribution in [2.75, 3.05) is 20.3 Å². The molecule has 0 spiro atoms. The Hall–Kier alpha value is -4.31. The fraction of sp³-hybridized carbons (Fsp3) is 0.240. The molecule has 10 nitrogen and oxygen atoms in total. The van der Waals surface area contributed by atoms with Gasteiger partial charge in [-0.1, -0.05) is 0 Å². The Labute approximate surface area is 199 Å². The maximum Gasteiger partial charge on any atom is 0.338 e. The molecule has 3 heterocycles. The molecular formula is C25H24N4O6. The van der Waals surface area contributed by atoms with Crippen LogP contribution in [0.1, 0.15) is 40.1 Å². The number of carbonyl (C=O) groups is 1. The van der Waals surface area contributed by atoms with E-state index in [4.69, 9.17) is 9.47 Å². The molecule has 2 aromatic carbocycles. The summed E-state index contributed by atoms with van der Waals surface area (Å²) >= 11 is 0. The Kier molecular flexibility index (Phi) is 5.65. The standard InChI is InChI=1S/C25H24N4O6/c1-3-35-24(32)13-4-6-14(7-5-13)29-23(31)19(22(30)28-25(29)33)21-20-16(10-11-26-21)17-12-15(34-2)8-9-18(17)27-20/h4-9,12,21,26-27,31H,3,10-11H2,1-2H3,(H,28,30,33). The predicted octanol–water partition coefficient (Wildman–Crippen LogP) is 2.13. The van der Waals surface area contributed by atoms with E-state index >= 15 is 0 Å². The molecule has 1 aliphatic heterocycles. The third-order valence-corrected chi connectivity index (χ3v) is 6.20. The van der Waals surface area contributed by atoms with Gasteiger partial charge in [0.25, 0.3) is 5.56 Å². The average Bonchev–Trinajstić information content (AvgIpc) is 3.23. The molecule has 0 fully saturated rings. The first-order valence-corrected chi connectivity index (χ1v) is 11.2. The number of aromatic amines is 2. The number of hydrogen-bond donors (Lipinski definition) is 4. The van der Waals surface area contributed by atoms with Crippen LogP contribution in [0.3, 0.4) is 0 Å². The van der Waals surface area contributed by atoms with Gasteiger partial charge in [0.15, 0.2) is 0 Å². The number of methoxy groups -OCH3 is 1. The summed E-state index contributed by atoms with van der Waals surface area (Å²) < 4.78 is 11.3. The van der Waals surface area contributed by atoms with Gasteiger partial charge in [0.1, 0.15) is 11.3 Å². The first-order valence-electron chi connectivity index (χ1n) is 11.2.